The summed E-state index contributed by atoms with van der Waals surface area (Å²) in [6.07, 6.45) is 1.00. The SMILES string of the molecule is O=C(OCc1ccccc1[N+](=O)[O-])C1CCN(c2ccccc2[N+](=O)[O-])CC1. The van der Waals surface area contributed by atoms with Crippen molar-refractivity contribution in [1.29, 1.82) is 0 Å². The molecule has 0 aliphatic carbocycles. The molecule has 2 aromatic carbocycles. The predicted molar refractivity (Wildman–Crippen MR) is 101 cm³/mol. The van der Waals surface area contributed by atoms with Crippen LogP contribution >= 0.6 is 0 Å². The second-order valence-corrected chi connectivity index (χ2v) is 6.50. The van der Waals surface area contributed by atoms with E-state index in [1.54, 1.807) is 36.4 Å². The number of anilines is 1. The van der Waals surface area contributed by atoms with Gasteiger partial charge in [0.15, 0.2) is 0 Å². The van der Waals surface area contributed by atoms with Crippen LogP contribution < -0.4 is 4.90 Å². The molecular weight excluding hydrogens is 366 g/mol. The summed E-state index contributed by atoms with van der Waals surface area (Å²) in [5.41, 5.74) is 0.846. The maximum absolute atomic E-state index is 12.4. The number of esters is 1. The first-order chi connectivity index (χ1) is 13.5. The lowest BCUT2D eigenvalue weighted by Gasteiger charge is -2.32. The first-order valence-electron chi connectivity index (χ1n) is 8.84. The molecule has 0 atom stereocenters. The van der Waals surface area contributed by atoms with E-state index in [1.807, 2.05) is 4.90 Å². The van der Waals surface area contributed by atoms with E-state index >= 15 is 0 Å². The van der Waals surface area contributed by atoms with Crippen LogP contribution in [0, 0.1) is 26.1 Å². The van der Waals surface area contributed by atoms with Crippen molar-refractivity contribution in [2.75, 3.05) is 18.0 Å². The van der Waals surface area contributed by atoms with Gasteiger partial charge in [0.05, 0.1) is 21.3 Å². The summed E-state index contributed by atoms with van der Waals surface area (Å²) in [5.74, 6) is -0.734. The fraction of sp³-hybridized carbons (Fsp3) is 0.316. The fourth-order valence-corrected chi connectivity index (χ4v) is 3.32. The van der Waals surface area contributed by atoms with Gasteiger partial charge in [-0.25, -0.2) is 0 Å². The van der Waals surface area contributed by atoms with Gasteiger partial charge in [0, 0.05) is 25.2 Å². The molecule has 28 heavy (non-hydrogen) atoms. The molecule has 0 bridgehead atoms. The number of carbonyl (C=O) groups excluding carboxylic acids is 1. The smallest absolute Gasteiger partial charge is 0.309 e. The molecule has 0 spiro atoms. The van der Waals surface area contributed by atoms with Gasteiger partial charge in [-0.3, -0.25) is 25.0 Å². The number of para-hydroxylation sites is 3. The summed E-state index contributed by atoms with van der Waals surface area (Å²) in [6.45, 7) is 0.840. The highest BCUT2D eigenvalue weighted by Crippen LogP contribution is 2.31. The van der Waals surface area contributed by atoms with Gasteiger partial charge in [0.2, 0.25) is 0 Å². The van der Waals surface area contributed by atoms with Crippen LogP contribution in [0.1, 0.15) is 18.4 Å². The van der Waals surface area contributed by atoms with E-state index in [0.717, 1.165) is 0 Å². The molecule has 3 rings (SSSR count). The molecular formula is C19H19N3O6. The molecule has 0 amide bonds. The minimum atomic E-state index is -0.506. The topological polar surface area (TPSA) is 116 Å². The number of ether oxygens (including phenoxy) is 1. The molecule has 0 radical (unpaired) electrons. The summed E-state index contributed by atoms with van der Waals surface area (Å²) < 4.78 is 5.29. The summed E-state index contributed by atoms with van der Waals surface area (Å²) in [6, 6.07) is 12.7. The van der Waals surface area contributed by atoms with Gasteiger partial charge in [0.1, 0.15) is 12.3 Å². The van der Waals surface area contributed by atoms with E-state index in [1.165, 1.54) is 12.1 Å². The molecule has 0 aromatic heterocycles. The maximum Gasteiger partial charge on any atom is 0.309 e. The molecule has 0 saturated carbocycles. The van der Waals surface area contributed by atoms with Crippen LogP contribution in [0.2, 0.25) is 0 Å². The van der Waals surface area contributed by atoms with Gasteiger partial charge in [-0.2, -0.15) is 0 Å². The number of carbonyl (C=O) groups is 1. The Morgan fingerprint density at radius 2 is 1.54 bits per heavy atom. The molecule has 9 heteroatoms. The van der Waals surface area contributed by atoms with Crippen molar-refractivity contribution in [3.05, 3.63) is 74.3 Å². The van der Waals surface area contributed by atoms with Gasteiger partial charge < -0.3 is 9.64 Å². The lowest BCUT2D eigenvalue weighted by atomic mass is 9.96. The molecule has 9 nitrogen and oxygen atoms in total. The zero-order valence-corrected chi connectivity index (χ0v) is 15.0. The van der Waals surface area contributed by atoms with Crippen molar-refractivity contribution < 1.29 is 19.4 Å². The second-order valence-electron chi connectivity index (χ2n) is 6.50. The first kappa shape index (κ1) is 19.3. The number of hydrogen-bond donors (Lipinski definition) is 0. The molecule has 0 unspecified atom stereocenters. The summed E-state index contributed by atoms with van der Waals surface area (Å²) in [4.78, 5) is 35.5. The molecule has 1 saturated heterocycles. The van der Waals surface area contributed by atoms with Gasteiger partial charge in [-0.1, -0.05) is 24.3 Å². The van der Waals surface area contributed by atoms with Crippen LogP contribution in [0.3, 0.4) is 0 Å². The Kier molecular flexibility index (Phi) is 5.83. The van der Waals surface area contributed by atoms with Crippen molar-refractivity contribution >= 4 is 23.0 Å². The van der Waals surface area contributed by atoms with E-state index < -0.39 is 15.8 Å². The van der Waals surface area contributed by atoms with Crippen LogP contribution in [-0.4, -0.2) is 28.9 Å². The molecule has 1 aliphatic heterocycles. The van der Waals surface area contributed by atoms with Crippen molar-refractivity contribution in [3.8, 4) is 0 Å². The van der Waals surface area contributed by atoms with E-state index in [2.05, 4.69) is 0 Å². The number of nitro groups is 2. The number of piperidine rings is 1. The Labute approximate surface area is 160 Å². The van der Waals surface area contributed by atoms with E-state index in [0.29, 0.717) is 37.2 Å². The number of hydrogen-bond acceptors (Lipinski definition) is 7. The summed E-state index contributed by atoms with van der Waals surface area (Å²) >= 11 is 0. The quantitative estimate of drug-likeness (QED) is 0.425. The predicted octanol–water partition coefficient (Wildman–Crippen LogP) is 3.46. The molecule has 1 aliphatic rings. The Morgan fingerprint density at radius 1 is 0.964 bits per heavy atom. The van der Waals surface area contributed by atoms with Gasteiger partial charge >= 0.3 is 5.97 Å². The number of benzene rings is 2. The highest BCUT2D eigenvalue weighted by molar-refractivity contribution is 5.73. The lowest BCUT2D eigenvalue weighted by Crippen LogP contribution is -2.37. The molecule has 0 N–H and O–H groups in total. The Balaban J connectivity index is 1.58. The Bertz CT molecular complexity index is 893. The van der Waals surface area contributed by atoms with E-state index in [-0.39, 0.29) is 23.9 Å². The van der Waals surface area contributed by atoms with Crippen molar-refractivity contribution in [3.63, 3.8) is 0 Å². The van der Waals surface area contributed by atoms with Crippen LogP contribution in [0.15, 0.2) is 48.5 Å². The highest BCUT2D eigenvalue weighted by atomic mass is 16.6. The third kappa shape index (κ3) is 4.25. The minimum Gasteiger partial charge on any atom is -0.460 e. The molecule has 2 aromatic rings. The molecule has 1 heterocycles. The average molecular weight is 385 g/mol. The van der Waals surface area contributed by atoms with Crippen LogP contribution in [0.5, 0.6) is 0 Å². The number of nitro benzene ring substituents is 2. The third-order valence-corrected chi connectivity index (χ3v) is 4.81. The molecule has 146 valence electrons. The first-order valence-corrected chi connectivity index (χ1v) is 8.84. The highest BCUT2D eigenvalue weighted by Gasteiger charge is 2.29. The van der Waals surface area contributed by atoms with Gasteiger partial charge in [-0.15, -0.1) is 0 Å². The number of rotatable bonds is 6. The average Bonchev–Trinajstić information content (AvgIpc) is 2.72. The Hall–Kier alpha value is -3.49. The summed E-state index contributed by atoms with van der Waals surface area (Å²) in [5, 5.41) is 22.2. The van der Waals surface area contributed by atoms with Crippen LogP contribution in [0.4, 0.5) is 17.1 Å². The zero-order valence-electron chi connectivity index (χ0n) is 15.0. The fourth-order valence-electron chi connectivity index (χ4n) is 3.32. The standard InChI is InChI=1S/C19H19N3O6/c23-19(28-13-15-5-1-2-6-16(15)21(24)25)14-9-11-20(12-10-14)17-7-3-4-8-18(17)22(26)27/h1-8,14H,9-13H2. The van der Waals surface area contributed by atoms with Crippen molar-refractivity contribution in [2.45, 2.75) is 19.4 Å². The van der Waals surface area contributed by atoms with E-state index in [9.17, 15) is 25.0 Å². The third-order valence-electron chi connectivity index (χ3n) is 4.81. The number of nitrogens with zero attached hydrogens (tertiary/aromatic N) is 3. The largest absolute Gasteiger partial charge is 0.460 e. The Morgan fingerprint density at radius 3 is 2.18 bits per heavy atom. The zero-order chi connectivity index (χ0) is 20.1. The lowest BCUT2D eigenvalue weighted by molar-refractivity contribution is -0.385. The minimum absolute atomic E-state index is 0.0416. The van der Waals surface area contributed by atoms with Crippen molar-refractivity contribution in [2.24, 2.45) is 5.92 Å². The van der Waals surface area contributed by atoms with E-state index in [4.69, 9.17) is 4.74 Å². The monoisotopic (exact) mass is 385 g/mol. The summed E-state index contributed by atoms with van der Waals surface area (Å²) in [7, 11) is 0. The molecule has 1 fully saturated rings. The van der Waals surface area contributed by atoms with Crippen molar-refractivity contribution in [1.82, 2.24) is 0 Å². The van der Waals surface area contributed by atoms with Gasteiger partial charge in [-0.05, 0) is 25.0 Å². The van der Waals surface area contributed by atoms with Crippen LogP contribution in [-0.2, 0) is 16.1 Å². The maximum atomic E-state index is 12.4. The normalized spacial score (nSPS) is 14.5. The van der Waals surface area contributed by atoms with Crippen LogP contribution in [0.25, 0.3) is 0 Å². The second kappa shape index (κ2) is 8.47. The van der Waals surface area contributed by atoms with Gasteiger partial charge in [0.25, 0.3) is 11.4 Å².